The number of hydrogen-bond acceptors (Lipinski definition) is 2. The molecule has 4 heteroatoms. The van der Waals surface area contributed by atoms with Gasteiger partial charge in [-0.05, 0) is 75.2 Å². The Morgan fingerprint density at radius 3 is 2.19 bits per heavy atom. The lowest BCUT2D eigenvalue weighted by Gasteiger charge is -2.56. The van der Waals surface area contributed by atoms with E-state index < -0.39 is 0 Å². The van der Waals surface area contributed by atoms with Crippen LogP contribution in [0.4, 0.5) is 4.79 Å². The average Bonchev–Trinajstić information content (AvgIpc) is 2.35. The fourth-order valence-corrected chi connectivity index (χ4v) is 5.99. The molecule has 3 N–H and O–H groups in total. The van der Waals surface area contributed by atoms with E-state index in [1.165, 1.54) is 38.5 Å². The predicted molar refractivity (Wildman–Crippen MR) is 83.0 cm³/mol. The van der Waals surface area contributed by atoms with Gasteiger partial charge in [0, 0.05) is 18.1 Å². The zero-order valence-electron chi connectivity index (χ0n) is 13.2. The van der Waals surface area contributed by atoms with Gasteiger partial charge in [-0.2, -0.15) is 0 Å². The van der Waals surface area contributed by atoms with E-state index in [1.807, 2.05) is 0 Å². The van der Waals surface area contributed by atoms with Crippen molar-refractivity contribution in [1.29, 1.82) is 0 Å². The van der Waals surface area contributed by atoms with Crippen molar-refractivity contribution in [2.45, 2.75) is 63.5 Å². The number of piperidine rings is 1. The molecule has 2 amide bonds. The highest BCUT2D eigenvalue weighted by Crippen LogP contribution is 2.55. The summed E-state index contributed by atoms with van der Waals surface area (Å²) in [6.07, 6.45) is 9.05. The number of rotatable bonds is 2. The normalized spacial score (nSPS) is 48.1. The van der Waals surface area contributed by atoms with Gasteiger partial charge in [-0.1, -0.05) is 6.92 Å². The summed E-state index contributed by atoms with van der Waals surface area (Å²) < 4.78 is 0. The van der Waals surface area contributed by atoms with E-state index in [1.54, 1.807) is 0 Å². The number of urea groups is 1. The van der Waals surface area contributed by atoms with E-state index in [9.17, 15) is 4.79 Å². The fourth-order valence-electron chi connectivity index (χ4n) is 5.99. The monoisotopic (exact) mass is 291 g/mol. The lowest BCUT2D eigenvalue weighted by atomic mass is 9.53. The van der Waals surface area contributed by atoms with Gasteiger partial charge in [-0.25, -0.2) is 4.79 Å². The summed E-state index contributed by atoms with van der Waals surface area (Å²) in [5.41, 5.74) is 0.131. The van der Waals surface area contributed by atoms with E-state index in [0.29, 0.717) is 12.0 Å². The second-order valence-electron chi connectivity index (χ2n) is 8.49. The Balaban J connectivity index is 1.36. The van der Waals surface area contributed by atoms with Gasteiger partial charge in [0.25, 0.3) is 0 Å². The van der Waals surface area contributed by atoms with Crippen LogP contribution in [0.25, 0.3) is 0 Å². The van der Waals surface area contributed by atoms with Gasteiger partial charge in [0.15, 0.2) is 0 Å². The maximum Gasteiger partial charge on any atom is 0.315 e. The van der Waals surface area contributed by atoms with Crippen molar-refractivity contribution < 1.29 is 4.79 Å². The third kappa shape index (κ3) is 2.79. The summed E-state index contributed by atoms with van der Waals surface area (Å²) in [4.78, 5) is 12.5. The molecule has 2 unspecified atom stereocenters. The van der Waals surface area contributed by atoms with E-state index in [0.717, 1.165) is 37.3 Å². The maximum atomic E-state index is 12.5. The minimum atomic E-state index is 0.0813. The molecule has 5 rings (SSSR count). The third-order valence-electron chi connectivity index (χ3n) is 6.32. The summed E-state index contributed by atoms with van der Waals surface area (Å²) in [6.45, 7) is 4.24. The predicted octanol–water partition coefficient (Wildman–Crippen LogP) is 2.25. The van der Waals surface area contributed by atoms with Crippen molar-refractivity contribution in [2.24, 2.45) is 23.7 Å². The molecule has 21 heavy (non-hydrogen) atoms. The Labute approximate surface area is 127 Å². The molecule has 1 saturated heterocycles. The molecular weight excluding hydrogens is 262 g/mol. The molecule has 5 fully saturated rings. The average molecular weight is 291 g/mol. The Morgan fingerprint density at radius 1 is 1.00 bits per heavy atom. The third-order valence-corrected chi connectivity index (χ3v) is 6.32. The van der Waals surface area contributed by atoms with E-state index in [2.05, 4.69) is 22.9 Å². The topological polar surface area (TPSA) is 53.2 Å². The van der Waals surface area contributed by atoms with Gasteiger partial charge in [-0.15, -0.1) is 0 Å². The van der Waals surface area contributed by atoms with Gasteiger partial charge in [0.1, 0.15) is 0 Å². The highest BCUT2D eigenvalue weighted by atomic mass is 16.2. The van der Waals surface area contributed by atoms with E-state index in [4.69, 9.17) is 0 Å². The minimum Gasteiger partial charge on any atom is -0.334 e. The molecule has 118 valence electrons. The number of carbonyl (C=O) groups excluding carboxylic acids is 1. The fraction of sp³-hybridized carbons (Fsp3) is 0.941. The molecule has 1 heterocycles. The summed E-state index contributed by atoms with van der Waals surface area (Å²) >= 11 is 0. The Bertz CT molecular complexity index is 387. The molecule has 4 saturated carbocycles. The second kappa shape index (κ2) is 5.15. The van der Waals surface area contributed by atoms with Crippen molar-refractivity contribution in [3.8, 4) is 0 Å². The van der Waals surface area contributed by atoms with Crippen LogP contribution < -0.4 is 16.0 Å². The summed E-state index contributed by atoms with van der Waals surface area (Å²) in [5.74, 6) is 3.30. The molecule has 0 aromatic rings. The van der Waals surface area contributed by atoms with Crippen LogP contribution in [0.5, 0.6) is 0 Å². The van der Waals surface area contributed by atoms with Gasteiger partial charge < -0.3 is 16.0 Å². The van der Waals surface area contributed by atoms with Crippen molar-refractivity contribution in [2.75, 3.05) is 13.1 Å². The van der Waals surface area contributed by atoms with Crippen molar-refractivity contribution in [1.82, 2.24) is 16.0 Å². The smallest absolute Gasteiger partial charge is 0.315 e. The highest BCUT2D eigenvalue weighted by molar-refractivity contribution is 5.75. The SMILES string of the molecule is CC1CNCC(NC(=O)NC23CC4CC(CC(C4)C2)C3)C1. The van der Waals surface area contributed by atoms with E-state index >= 15 is 0 Å². The molecule has 4 aliphatic carbocycles. The number of carbonyl (C=O) groups is 1. The van der Waals surface area contributed by atoms with Crippen LogP contribution in [0.15, 0.2) is 0 Å². The van der Waals surface area contributed by atoms with Crippen LogP contribution >= 0.6 is 0 Å². The largest absolute Gasteiger partial charge is 0.334 e. The van der Waals surface area contributed by atoms with Crippen LogP contribution in [0.1, 0.15) is 51.9 Å². The molecule has 5 aliphatic rings. The van der Waals surface area contributed by atoms with Crippen LogP contribution in [0.2, 0.25) is 0 Å². The van der Waals surface area contributed by atoms with Gasteiger partial charge in [-0.3, -0.25) is 0 Å². The first-order valence-corrected chi connectivity index (χ1v) is 8.90. The second-order valence-corrected chi connectivity index (χ2v) is 8.49. The Hall–Kier alpha value is -0.770. The molecule has 4 bridgehead atoms. The van der Waals surface area contributed by atoms with Crippen molar-refractivity contribution in [3.63, 3.8) is 0 Å². The van der Waals surface area contributed by atoms with E-state index in [-0.39, 0.29) is 11.6 Å². The first kappa shape index (κ1) is 13.9. The highest BCUT2D eigenvalue weighted by Gasteiger charge is 2.51. The number of amides is 2. The number of nitrogens with one attached hydrogen (secondary N) is 3. The van der Waals surface area contributed by atoms with Gasteiger partial charge >= 0.3 is 6.03 Å². The quantitative estimate of drug-likeness (QED) is 0.731. The van der Waals surface area contributed by atoms with Crippen molar-refractivity contribution in [3.05, 3.63) is 0 Å². The van der Waals surface area contributed by atoms with Gasteiger partial charge in [0.2, 0.25) is 0 Å². The van der Waals surface area contributed by atoms with Crippen molar-refractivity contribution >= 4 is 6.03 Å². The molecule has 0 radical (unpaired) electrons. The number of hydrogen-bond donors (Lipinski definition) is 3. The lowest BCUT2D eigenvalue weighted by Crippen LogP contribution is -2.63. The van der Waals surface area contributed by atoms with Crippen LogP contribution in [0.3, 0.4) is 0 Å². The molecule has 0 aromatic heterocycles. The van der Waals surface area contributed by atoms with Crippen LogP contribution in [-0.4, -0.2) is 30.7 Å². The lowest BCUT2D eigenvalue weighted by molar-refractivity contribution is -0.0137. The van der Waals surface area contributed by atoms with Gasteiger partial charge in [0.05, 0.1) is 0 Å². The molecule has 4 nitrogen and oxygen atoms in total. The summed E-state index contributed by atoms with van der Waals surface area (Å²) in [6, 6.07) is 0.375. The Kier molecular flexibility index (Phi) is 3.40. The zero-order valence-corrected chi connectivity index (χ0v) is 13.2. The minimum absolute atomic E-state index is 0.0813. The summed E-state index contributed by atoms with van der Waals surface area (Å²) in [5, 5.41) is 10.0. The molecule has 0 spiro atoms. The first-order valence-electron chi connectivity index (χ1n) is 8.90. The standard InChI is InChI=1S/C17H29N3O/c1-11-2-15(10-18-9-11)19-16(21)20-17-6-12-3-13(7-17)5-14(4-12)8-17/h11-15,18H,2-10H2,1H3,(H2,19,20,21). The zero-order chi connectivity index (χ0) is 14.4. The van der Waals surface area contributed by atoms with Crippen LogP contribution in [-0.2, 0) is 0 Å². The maximum absolute atomic E-state index is 12.5. The molecule has 2 atom stereocenters. The molecule has 1 aliphatic heterocycles. The Morgan fingerprint density at radius 2 is 1.62 bits per heavy atom. The van der Waals surface area contributed by atoms with Crippen LogP contribution in [0, 0.1) is 23.7 Å². The molecular formula is C17H29N3O. The summed E-state index contributed by atoms with van der Waals surface area (Å²) in [7, 11) is 0. The first-order chi connectivity index (χ1) is 10.1. The molecule has 0 aromatic carbocycles.